The topological polar surface area (TPSA) is 58.2 Å². The van der Waals surface area contributed by atoms with Crippen molar-refractivity contribution in [3.63, 3.8) is 0 Å². The molecule has 1 aromatic heterocycles. The molecule has 1 N–H and O–H groups in total. The number of aryl methyl sites for hydroxylation is 1. The van der Waals surface area contributed by atoms with Crippen LogP contribution in [0, 0.1) is 0 Å². The summed E-state index contributed by atoms with van der Waals surface area (Å²) in [5.41, 5.74) is 3.10. The Morgan fingerprint density at radius 3 is 2.65 bits per heavy atom. The molecule has 0 radical (unpaired) electrons. The third-order valence-corrected chi connectivity index (χ3v) is 4.41. The fraction of sp³-hybridized carbons (Fsp3) is 0.333. The molecule has 0 saturated heterocycles. The molecule has 0 spiro atoms. The Hall–Kier alpha value is -2.66. The maximum atomic E-state index is 12.4. The zero-order valence-corrected chi connectivity index (χ0v) is 15.3. The van der Waals surface area contributed by atoms with E-state index < -0.39 is 6.10 Å². The lowest BCUT2D eigenvalue weighted by Crippen LogP contribution is -2.37. The average Bonchev–Trinajstić information content (AvgIpc) is 3.09. The van der Waals surface area contributed by atoms with Crippen molar-refractivity contribution >= 4 is 16.9 Å². The number of ether oxygens (including phenoxy) is 1. The van der Waals surface area contributed by atoms with Gasteiger partial charge in [0, 0.05) is 20.0 Å². The second kappa shape index (κ2) is 8.63. The van der Waals surface area contributed by atoms with E-state index in [1.54, 1.807) is 11.8 Å². The van der Waals surface area contributed by atoms with Crippen LogP contribution in [-0.4, -0.2) is 40.5 Å². The number of nitrogens with zero attached hydrogens (tertiary/aromatic N) is 2. The Balaban J connectivity index is 1.43. The molecule has 0 aliphatic carbocycles. The number of amides is 1. The number of nitrogens with one attached hydrogen (secondary N) is 1. The molecule has 1 heterocycles. The highest BCUT2D eigenvalue weighted by Crippen LogP contribution is 2.12. The summed E-state index contributed by atoms with van der Waals surface area (Å²) in [6.07, 6.45) is 1.21. The SMILES string of the molecule is CC(OCc1ccccc1)C(=O)N(C)CCCc1nc2ccccc2[nH]1. The summed E-state index contributed by atoms with van der Waals surface area (Å²) in [6.45, 7) is 2.93. The van der Waals surface area contributed by atoms with Crippen LogP contribution < -0.4 is 0 Å². The molecule has 1 amide bonds. The maximum Gasteiger partial charge on any atom is 0.251 e. The van der Waals surface area contributed by atoms with Gasteiger partial charge in [-0.05, 0) is 31.0 Å². The van der Waals surface area contributed by atoms with Crippen LogP contribution in [0.2, 0.25) is 0 Å². The van der Waals surface area contributed by atoms with E-state index >= 15 is 0 Å². The molecule has 5 nitrogen and oxygen atoms in total. The van der Waals surface area contributed by atoms with Crippen LogP contribution in [0.4, 0.5) is 0 Å². The Labute approximate surface area is 154 Å². The minimum atomic E-state index is -0.452. The normalized spacial score (nSPS) is 12.2. The van der Waals surface area contributed by atoms with E-state index in [9.17, 15) is 4.79 Å². The molecular weight excluding hydrogens is 326 g/mol. The number of H-pyrrole nitrogens is 1. The van der Waals surface area contributed by atoms with Crippen LogP contribution >= 0.6 is 0 Å². The van der Waals surface area contributed by atoms with Crippen LogP contribution in [-0.2, 0) is 22.6 Å². The largest absolute Gasteiger partial charge is 0.364 e. The van der Waals surface area contributed by atoms with Crippen LogP contribution in [0.25, 0.3) is 11.0 Å². The van der Waals surface area contributed by atoms with Crippen molar-refractivity contribution in [3.05, 3.63) is 66.0 Å². The molecule has 26 heavy (non-hydrogen) atoms. The molecule has 136 valence electrons. The van der Waals surface area contributed by atoms with Gasteiger partial charge in [0.2, 0.25) is 0 Å². The number of para-hydroxylation sites is 2. The molecule has 0 bridgehead atoms. The van der Waals surface area contributed by atoms with E-state index in [1.807, 2.05) is 61.6 Å². The number of aromatic nitrogens is 2. The molecular formula is C21H25N3O2. The number of likely N-dealkylation sites (N-methyl/N-ethyl adjacent to an activating group) is 1. The Bertz CT molecular complexity index is 812. The summed E-state index contributed by atoms with van der Waals surface area (Å²) in [5, 5.41) is 0. The van der Waals surface area contributed by atoms with E-state index in [-0.39, 0.29) is 5.91 Å². The summed E-state index contributed by atoms with van der Waals surface area (Å²) in [6, 6.07) is 17.9. The fourth-order valence-electron chi connectivity index (χ4n) is 2.90. The smallest absolute Gasteiger partial charge is 0.251 e. The number of fused-ring (bicyclic) bond motifs is 1. The lowest BCUT2D eigenvalue weighted by molar-refractivity contribution is -0.142. The van der Waals surface area contributed by atoms with Crippen molar-refractivity contribution in [3.8, 4) is 0 Å². The minimum absolute atomic E-state index is 0.00513. The van der Waals surface area contributed by atoms with Gasteiger partial charge in [0.05, 0.1) is 17.6 Å². The first kappa shape index (κ1) is 18.1. The van der Waals surface area contributed by atoms with E-state index in [0.29, 0.717) is 13.2 Å². The molecule has 3 aromatic rings. The molecule has 0 saturated carbocycles. The van der Waals surface area contributed by atoms with Gasteiger partial charge in [-0.3, -0.25) is 4.79 Å². The van der Waals surface area contributed by atoms with E-state index in [0.717, 1.165) is 35.3 Å². The highest BCUT2D eigenvalue weighted by Gasteiger charge is 2.18. The molecule has 1 unspecified atom stereocenters. The van der Waals surface area contributed by atoms with Gasteiger partial charge >= 0.3 is 0 Å². The van der Waals surface area contributed by atoms with Crippen LogP contribution in [0.1, 0.15) is 24.7 Å². The summed E-state index contributed by atoms with van der Waals surface area (Å²) in [4.78, 5) is 22.0. The van der Waals surface area contributed by atoms with Gasteiger partial charge in [0.1, 0.15) is 11.9 Å². The molecule has 0 aliphatic heterocycles. The standard InChI is InChI=1S/C21H25N3O2/c1-16(26-15-17-9-4-3-5-10-17)21(25)24(2)14-8-13-20-22-18-11-6-7-12-19(18)23-20/h3-7,9-12,16H,8,13-15H2,1-2H3,(H,22,23). The van der Waals surface area contributed by atoms with Crippen molar-refractivity contribution in [2.75, 3.05) is 13.6 Å². The summed E-state index contributed by atoms with van der Waals surface area (Å²) in [5.74, 6) is 0.964. The van der Waals surface area contributed by atoms with Crippen molar-refractivity contribution < 1.29 is 9.53 Å². The molecule has 0 aliphatic rings. The Kier molecular flexibility index (Phi) is 6.02. The third-order valence-electron chi connectivity index (χ3n) is 4.41. The number of hydrogen-bond acceptors (Lipinski definition) is 3. The highest BCUT2D eigenvalue weighted by atomic mass is 16.5. The first-order valence-corrected chi connectivity index (χ1v) is 8.97. The Morgan fingerprint density at radius 2 is 1.88 bits per heavy atom. The lowest BCUT2D eigenvalue weighted by atomic mass is 10.2. The maximum absolute atomic E-state index is 12.4. The number of imidazole rings is 1. The van der Waals surface area contributed by atoms with Crippen LogP contribution in [0.3, 0.4) is 0 Å². The summed E-state index contributed by atoms with van der Waals surface area (Å²) < 4.78 is 5.71. The van der Waals surface area contributed by atoms with E-state index in [2.05, 4.69) is 9.97 Å². The fourth-order valence-corrected chi connectivity index (χ4v) is 2.90. The van der Waals surface area contributed by atoms with Gasteiger partial charge in [-0.1, -0.05) is 42.5 Å². The molecule has 3 rings (SSSR count). The quantitative estimate of drug-likeness (QED) is 0.675. The number of hydrogen-bond donors (Lipinski definition) is 1. The van der Waals surface area contributed by atoms with Gasteiger partial charge in [-0.25, -0.2) is 4.98 Å². The van der Waals surface area contributed by atoms with Crippen molar-refractivity contribution in [1.82, 2.24) is 14.9 Å². The number of benzene rings is 2. The van der Waals surface area contributed by atoms with Gasteiger partial charge in [-0.15, -0.1) is 0 Å². The van der Waals surface area contributed by atoms with Crippen molar-refractivity contribution in [2.45, 2.75) is 32.5 Å². The van der Waals surface area contributed by atoms with Gasteiger partial charge < -0.3 is 14.6 Å². The highest BCUT2D eigenvalue weighted by molar-refractivity contribution is 5.80. The van der Waals surface area contributed by atoms with Crippen LogP contribution in [0.15, 0.2) is 54.6 Å². The molecule has 5 heteroatoms. The molecule has 1 atom stereocenters. The van der Waals surface area contributed by atoms with Crippen molar-refractivity contribution in [1.29, 1.82) is 0 Å². The van der Waals surface area contributed by atoms with Gasteiger partial charge in [0.25, 0.3) is 5.91 Å². The van der Waals surface area contributed by atoms with Gasteiger partial charge in [0.15, 0.2) is 0 Å². The minimum Gasteiger partial charge on any atom is -0.364 e. The van der Waals surface area contributed by atoms with E-state index in [4.69, 9.17) is 4.74 Å². The predicted molar refractivity (Wildman–Crippen MR) is 103 cm³/mol. The molecule has 0 fully saturated rings. The predicted octanol–water partition coefficient (Wildman–Crippen LogP) is 3.56. The molecule has 2 aromatic carbocycles. The number of carbonyl (C=O) groups is 1. The second-order valence-corrected chi connectivity index (χ2v) is 6.50. The number of rotatable bonds is 8. The first-order chi connectivity index (χ1) is 12.6. The zero-order valence-electron chi connectivity index (χ0n) is 15.3. The lowest BCUT2D eigenvalue weighted by Gasteiger charge is -2.21. The van der Waals surface area contributed by atoms with Gasteiger partial charge in [-0.2, -0.15) is 0 Å². The van der Waals surface area contributed by atoms with E-state index in [1.165, 1.54) is 0 Å². The first-order valence-electron chi connectivity index (χ1n) is 8.97. The van der Waals surface area contributed by atoms with Crippen LogP contribution in [0.5, 0.6) is 0 Å². The second-order valence-electron chi connectivity index (χ2n) is 6.50. The average molecular weight is 351 g/mol. The third kappa shape index (κ3) is 4.70. The monoisotopic (exact) mass is 351 g/mol. The Morgan fingerprint density at radius 1 is 1.15 bits per heavy atom. The summed E-state index contributed by atoms with van der Waals surface area (Å²) in [7, 11) is 1.82. The zero-order chi connectivity index (χ0) is 18.4. The number of aromatic amines is 1. The summed E-state index contributed by atoms with van der Waals surface area (Å²) >= 11 is 0. The number of carbonyl (C=O) groups excluding carboxylic acids is 1. The van der Waals surface area contributed by atoms with Crippen molar-refractivity contribution in [2.24, 2.45) is 0 Å².